The zero-order chi connectivity index (χ0) is 20.1. The van der Waals surface area contributed by atoms with Crippen LogP contribution >= 0.6 is 0 Å². The fraction of sp³-hybridized carbons (Fsp3) is 0.333. The van der Waals surface area contributed by atoms with E-state index < -0.39 is 0 Å². The number of methoxy groups -OCH3 is 1. The van der Waals surface area contributed by atoms with E-state index in [-0.39, 0.29) is 11.8 Å². The molecule has 0 fully saturated rings. The highest BCUT2D eigenvalue weighted by molar-refractivity contribution is 6.04. The van der Waals surface area contributed by atoms with Crippen LogP contribution in [0.15, 0.2) is 42.5 Å². The first-order valence-corrected chi connectivity index (χ1v) is 9.85. The summed E-state index contributed by atoms with van der Waals surface area (Å²) in [6.07, 6.45) is 3.96. The molecular formula is C24H27NO3. The van der Waals surface area contributed by atoms with E-state index in [1.54, 1.807) is 0 Å². The standard InChI is InChI=1S/C24H27NO3/c1-4-5-11-22(26)23-18(13-12-17-9-7-6-8-10-17)20-15-19(24(27)28-3)16(2)14-21(20)25-23/h6-10,14-15,25H,4-5,11-13H2,1-3H3. The molecule has 146 valence electrons. The van der Waals surface area contributed by atoms with Crippen LogP contribution in [0.4, 0.5) is 0 Å². The molecule has 1 aromatic heterocycles. The fourth-order valence-electron chi connectivity index (χ4n) is 3.61. The lowest BCUT2D eigenvalue weighted by Gasteiger charge is -2.07. The van der Waals surface area contributed by atoms with Crippen LogP contribution in [0, 0.1) is 6.92 Å². The number of carbonyl (C=O) groups excluding carboxylic acids is 2. The van der Waals surface area contributed by atoms with Gasteiger partial charge in [0.25, 0.3) is 0 Å². The second-order valence-corrected chi connectivity index (χ2v) is 7.20. The van der Waals surface area contributed by atoms with Crippen molar-refractivity contribution in [2.75, 3.05) is 7.11 Å². The van der Waals surface area contributed by atoms with Crippen LogP contribution in [0.1, 0.15) is 63.7 Å². The monoisotopic (exact) mass is 377 g/mol. The zero-order valence-corrected chi connectivity index (χ0v) is 16.8. The number of hydrogen-bond donors (Lipinski definition) is 1. The van der Waals surface area contributed by atoms with Crippen molar-refractivity contribution in [1.82, 2.24) is 4.98 Å². The highest BCUT2D eigenvalue weighted by Gasteiger charge is 2.20. The molecule has 0 aliphatic carbocycles. The van der Waals surface area contributed by atoms with E-state index in [4.69, 9.17) is 4.74 Å². The largest absolute Gasteiger partial charge is 0.465 e. The third-order valence-electron chi connectivity index (χ3n) is 5.20. The van der Waals surface area contributed by atoms with Crippen molar-refractivity contribution >= 4 is 22.7 Å². The molecule has 3 rings (SSSR count). The average Bonchev–Trinajstić information content (AvgIpc) is 3.07. The van der Waals surface area contributed by atoms with Gasteiger partial charge in [0.2, 0.25) is 0 Å². The van der Waals surface area contributed by atoms with Gasteiger partial charge in [-0.2, -0.15) is 0 Å². The fourth-order valence-corrected chi connectivity index (χ4v) is 3.61. The number of hydrogen-bond acceptors (Lipinski definition) is 3. The van der Waals surface area contributed by atoms with Gasteiger partial charge in [0.15, 0.2) is 5.78 Å². The molecular weight excluding hydrogens is 350 g/mol. The zero-order valence-electron chi connectivity index (χ0n) is 16.8. The molecule has 1 N–H and O–H groups in total. The van der Waals surface area contributed by atoms with Crippen LogP contribution in [-0.2, 0) is 17.6 Å². The molecule has 3 aromatic rings. The van der Waals surface area contributed by atoms with Crippen molar-refractivity contribution in [3.63, 3.8) is 0 Å². The molecule has 2 aromatic carbocycles. The molecule has 0 atom stereocenters. The lowest BCUT2D eigenvalue weighted by atomic mass is 9.97. The number of aryl methyl sites for hydroxylation is 3. The van der Waals surface area contributed by atoms with Crippen molar-refractivity contribution in [3.05, 3.63) is 70.4 Å². The number of nitrogens with one attached hydrogen (secondary N) is 1. The number of ether oxygens (including phenoxy) is 1. The summed E-state index contributed by atoms with van der Waals surface area (Å²) in [5, 5.41) is 0.932. The van der Waals surface area contributed by atoms with Gasteiger partial charge < -0.3 is 9.72 Å². The minimum absolute atomic E-state index is 0.137. The number of unbranched alkanes of at least 4 members (excludes halogenated alkanes) is 1. The second-order valence-electron chi connectivity index (χ2n) is 7.20. The molecule has 1 heterocycles. The van der Waals surface area contributed by atoms with E-state index in [9.17, 15) is 9.59 Å². The molecule has 4 heteroatoms. The number of fused-ring (bicyclic) bond motifs is 1. The summed E-state index contributed by atoms with van der Waals surface area (Å²) in [6, 6.07) is 14.0. The van der Waals surface area contributed by atoms with Gasteiger partial charge in [0.05, 0.1) is 18.4 Å². The maximum absolute atomic E-state index is 12.8. The number of Topliss-reactive ketones (excluding diaryl/α,β-unsaturated/α-hetero) is 1. The molecule has 0 spiro atoms. The molecule has 0 amide bonds. The highest BCUT2D eigenvalue weighted by atomic mass is 16.5. The maximum Gasteiger partial charge on any atom is 0.338 e. The quantitative estimate of drug-likeness (QED) is 0.421. The predicted molar refractivity (Wildman–Crippen MR) is 112 cm³/mol. The summed E-state index contributed by atoms with van der Waals surface area (Å²) in [7, 11) is 1.39. The minimum Gasteiger partial charge on any atom is -0.465 e. The first-order chi connectivity index (χ1) is 13.5. The smallest absolute Gasteiger partial charge is 0.338 e. The van der Waals surface area contributed by atoms with Crippen LogP contribution in [0.25, 0.3) is 10.9 Å². The van der Waals surface area contributed by atoms with Gasteiger partial charge in [-0.25, -0.2) is 4.79 Å². The molecule has 0 unspecified atom stereocenters. The lowest BCUT2D eigenvalue weighted by molar-refractivity contribution is 0.0600. The minimum atomic E-state index is -0.353. The average molecular weight is 377 g/mol. The van der Waals surface area contributed by atoms with Gasteiger partial charge >= 0.3 is 5.97 Å². The molecule has 0 saturated carbocycles. The Morgan fingerprint density at radius 2 is 1.82 bits per heavy atom. The number of ketones is 1. The summed E-state index contributed by atoms with van der Waals surface area (Å²) < 4.78 is 4.93. The summed E-state index contributed by atoms with van der Waals surface area (Å²) in [6.45, 7) is 3.97. The van der Waals surface area contributed by atoms with Gasteiger partial charge in [-0.1, -0.05) is 43.7 Å². The molecule has 0 bridgehead atoms. The van der Waals surface area contributed by atoms with E-state index in [1.807, 2.05) is 37.3 Å². The normalized spacial score (nSPS) is 11.0. The number of aromatic amines is 1. The van der Waals surface area contributed by atoms with Crippen molar-refractivity contribution in [2.24, 2.45) is 0 Å². The maximum atomic E-state index is 12.8. The first kappa shape index (κ1) is 19.9. The van der Waals surface area contributed by atoms with Gasteiger partial charge in [-0.3, -0.25) is 4.79 Å². The number of esters is 1. The molecule has 0 radical (unpaired) electrons. The van der Waals surface area contributed by atoms with E-state index in [1.165, 1.54) is 12.7 Å². The summed E-state index contributed by atoms with van der Waals surface area (Å²) in [5.74, 6) is -0.216. The Morgan fingerprint density at radius 1 is 1.07 bits per heavy atom. The van der Waals surface area contributed by atoms with Crippen molar-refractivity contribution in [2.45, 2.75) is 46.0 Å². The van der Waals surface area contributed by atoms with Crippen LogP contribution < -0.4 is 0 Å². The Morgan fingerprint density at radius 3 is 2.50 bits per heavy atom. The van der Waals surface area contributed by atoms with Crippen LogP contribution in [0.2, 0.25) is 0 Å². The van der Waals surface area contributed by atoms with Gasteiger partial charge in [0, 0.05) is 17.3 Å². The Balaban J connectivity index is 2.06. The predicted octanol–water partition coefficient (Wildman–Crippen LogP) is 5.42. The molecule has 4 nitrogen and oxygen atoms in total. The van der Waals surface area contributed by atoms with Gasteiger partial charge in [-0.15, -0.1) is 0 Å². The van der Waals surface area contributed by atoms with Crippen molar-refractivity contribution in [3.8, 4) is 0 Å². The second kappa shape index (κ2) is 8.87. The number of benzene rings is 2. The highest BCUT2D eigenvalue weighted by Crippen LogP contribution is 2.29. The van der Waals surface area contributed by atoms with E-state index in [0.717, 1.165) is 47.7 Å². The number of carbonyl (C=O) groups is 2. The van der Waals surface area contributed by atoms with E-state index in [0.29, 0.717) is 17.7 Å². The van der Waals surface area contributed by atoms with E-state index in [2.05, 4.69) is 24.0 Å². The Bertz CT molecular complexity index is 986. The number of rotatable bonds is 8. The summed E-state index contributed by atoms with van der Waals surface area (Å²) in [5.41, 5.74) is 5.17. The van der Waals surface area contributed by atoms with Gasteiger partial charge in [0.1, 0.15) is 0 Å². The number of H-pyrrole nitrogens is 1. The number of aromatic nitrogens is 1. The summed E-state index contributed by atoms with van der Waals surface area (Å²) >= 11 is 0. The van der Waals surface area contributed by atoms with E-state index >= 15 is 0 Å². The van der Waals surface area contributed by atoms with Crippen LogP contribution in [0.5, 0.6) is 0 Å². The van der Waals surface area contributed by atoms with Gasteiger partial charge in [-0.05, 0) is 55.0 Å². The lowest BCUT2D eigenvalue weighted by Crippen LogP contribution is -2.05. The first-order valence-electron chi connectivity index (χ1n) is 9.85. The molecule has 0 saturated heterocycles. The molecule has 0 aliphatic heterocycles. The topological polar surface area (TPSA) is 59.2 Å². The molecule has 0 aliphatic rings. The summed E-state index contributed by atoms with van der Waals surface area (Å²) in [4.78, 5) is 28.3. The van der Waals surface area contributed by atoms with Crippen LogP contribution in [0.3, 0.4) is 0 Å². The van der Waals surface area contributed by atoms with Crippen LogP contribution in [-0.4, -0.2) is 23.8 Å². The Labute approximate surface area is 165 Å². The SMILES string of the molecule is CCCCC(=O)c1[nH]c2cc(C)c(C(=O)OC)cc2c1CCc1ccccc1. The molecule has 28 heavy (non-hydrogen) atoms. The van der Waals surface area contributed by atoms with Crippen molar-refractivity contribution in [1.29, 1.82) is 0 Å². The Hall–Kier alpha value is -2.88. The van der Waals surface area contributed by atoms with Crippen molar-refractivity contribution < 1.29 is 14.3 Å². The third-order valence-corrected chi connectivity index (χ3v) is 5.20. The third kappa shape index (κ3) is 4.16. The Kier molecular flexibility index (Phi) is 6.30.